The highest BCUT2D eigenvalue weighted by atomic mass is 16.5. The standard InChI is InChI=1S/C15H19NO4/c1-3-16(6-7-17)10-11-8-15(18)20-14-9-12(19-2)4-5-13(11)14/h4-5,8-9,17H,3,6-7,10H2,1-2H3/p+1. The normalized spacial score (nSPS) is 12.6. The Bertz CT molecular complexity index is 635. The fourth-order valence-electron chi connectivity index (χ4n) is 2.30. The van der Waals surface area contributed by atoms with Gasteiger partial charge in [0.1, 0.15) is 24.4 Å². The van der Waals surface area contributed by atoms with Gasteiger partial charge in [0.05, 0.1) is 20.3 Å². The Labute approximate surface area is 117 Å². The van der Waals surface area contributed by atoms with Crippen molar-refractivity contribution in [3.8, 4) is 5.75 Å². The number of ether oxygens (including phenoxy) is 1. The third-order valence-electron chi connectivity index (χ3n) is 3.44. The summed E-state index contributed by atoms with van der Waals surface area (Å²) < 4.78 is 10.4. The molecular weight excluding hydrogens is 258 g/mol. The predicted octanol–water partition coefficient (Wildman–Crippen LogP) is 0.199. The molecule has 0 saturated carbocycles. The van der Waals surface area contributed by atoms with E-state index >= 15 is 0 Å². The molecule has 2 aromatic rings. The Balaban J connectivity index is 2.44. The zero-order chi connectivity index (χ0) is 14.5. The molecule has 1 aromatic carbocycles. The second-order valence-corrected chi connectivity index (χ2v) is 4.71. The van der Waals surface area contributed by atoms with Crippen molar-refractivity contribution in [2.75, 3.05) is 26.8 Å². The Hall–Kier alpha value is -1.85. The van der Waals surface area contributed by atoms with Crippen LogP contribution in [-0.2, 0) is 6.54 Å². The van der Waals surface area contributed by atoms with E-state index in [1.165, 1.54) is 11.0 Å². The van der Waals surface area contributed by atoms with Crippen LogP contribution in [0.25, 0.3) is 11.0 Å². The summed E-state index contributed by atoms with van der Waals surface area (Å²) in [4.78, 5) is 12.9. The van der Waals surface area contributed by atoms with Gasteiger partial charge in [-0.25, -0.2) is 4.79 Å². The van der Waals surface area contributed by atoms with Crippen LogP contribution in [-0.4, -0.2) is 31.9 Å². The molecule has 108 valence electrons. The van der Waals surface area contributed by atoms with E-state index in [0.29, 0.717) is 24.4 Å². The van der Waals surface area contributed by atoms with Gasteiger partial charge in [0.25, 0.3) is 0 Å². The highest BCUT2D eigenvalue weighted by molar-refractivity contribution is 5.81. The molecule has 1 heterocycles. The van der Waals surface area contributed by atoms with E-state index in [4.69, 9.17) is 14.3 Å². The van der Waals surface area contributed by atoms with Gasteiger partial charge < -0.3 is 19.2 Å². The molecule has 0 spiro atoms. The number of nitrogens with one attached hydrogen (secondary N) is 1. The van der Waals surface area contributed by atoms with E-state index < -0.39 is 0 Å². The molecule has 0 bridgehead atoms. The topological polar surface area (TPSA) is 64.1 Å². The van der Waals surface area contributed by atoms with Gasteiger partial charge in [0.2, 0.25) is 0 Å². The number of rotatable bonds is 6. The molecule has 0 aliphatic heterocycles. The lowest BCUT2D eigenvalue weighted by Crippen LogP contribution is -3.10. The smallest absolute Gasteiger partial charge is 0.336 e. The maximum Gasteiger partial charge on any atom is 0.336 e. The van der Waals surface area contributed by atoms with E-state index in [1.54, 1.807) is 13.2 Å². The van der Waals surface area contributed by atoms with Crippen LogP contribution >= 0.6 is 0 Å². The fourth-order valence-corrected chi connectivity index (χ4v) is 2.30. The van der Waals surface area contributed by atoms with Crippen molar-refractivity contribution in [3.63, 3.8) is 0 Å². The first-order chi connectivity index (χ1) is 9.67. The summed E-state index contributed by atoms with van der Waals surface area (Å²) in [5, 5.41) is 9.98. The van der Waals surface area contributed by atoms with Crippen LogP contribution in [0.2, 0.25) is 0 Å². The van der Waals surface area contributed by atoms with Gasteiger partial charge in [-0.1, -0.05) is 0 Å². The summed E-state index contributed by atoms with van der Waals surface area (Å²) in [6.45, 7) is 4.43. The first kappa shape index (κ1) is 14.6. The monoisotopic (exact) mass is 278 g/mol. The molecule has 1 unspecified atom stereocenters. The molecule has 2 rings (SSSR count). The van der Waals surface area contributed by atoms with Gasteiger partial charge in [-0.15, -0.1) is 0 Å². The number of aliphatic hydroxyl groups excluding tert-OH is 1. The molecule has 0 fully saturated rings. The molecule has 2 N–H and O–H groups in total. The maximum atomic E-state index is 11.7. The molecule has 0 amide bonds. The largest absolute Gasteiger partial charge is 0.497 e. The van der Waals surface area contributed by atoms with Crippen LogP contribution in [0.4, 0.5) is 0 Å². The Morgan fingerprint density at radius 3 is 2.80 bits per heavy atom. The summed E-state index contributed by atoms with van der Waals surface area (Å²) in [6.07, 6.45) is 0. The Morgan fingerprint density at radius 1 is 1.35 bits per heavy atom. The minimum Gasteiger partial charge on any atom is -0.497 e. The van der Waals surface area contributed by atoms with Gasteiger partial charge in [0, 0.05) is 23.1 Å². The van der Waals surface area contributed by atoms with Crippen LogP contribution in [0.15, 0.2) is 33.5 Å². The lowest BCUT2D eigenvalue weighted by molar-refractivity contribution is -0.912. The van der Waals surface area contributed by atoms with Crippen molar-refractivity contribution < 1.29 is 19.2 Å². The highest BCUT2D eigenvalue weighted by Gasteiger charge is 2.12. The predicted molar refractivity (Wildman–Crippen MR) is 76.2 cm³/mol. The van der Waals surface area contributed by atoms with Gasteiger partial charge >= 0.3 is 5.63 Å². The van der Waals surface area contributed by atoms with Gasteiger partial charge in [0.15, 0.2) is 0 Å². The lowest BCUT2D eigenvalue weighted by atomic mass is 10.1. The van der Waals surface area contributed by atoms with E-state index in [2.05, 4.69) is 6.92 Å². The molecule has 1 atom stereocenters. The number of hydrogen-bond acceptors (Lipinski definition) is 4. The van der Waals surface area contributed by atoms with Crippen molar-refractivity contribution >= 4 is 11.0 Å². The maximum absolute atomic E-state index is 11.7. The van der Waals surface area contributed by atoms with Crippen molar-refractivity contribution in [1.29, 1.82) is 0 Å². The fraction of sp³-hybridized carbons (Fsp3) is 0.400. The lowest BCUT2D eigenvalue weighted by Gasteiger charge is -2.17. The molecule has 1 aromatic heterocycles. The Morgan fingerprint density at radius 2 is 2.15 bits per heavy atom. The number of benzene rings is 1. The minimum atomic E-state index is -0.361. The number of likely N-dealkylation sites (N-methyl/N-ethyl adjacent to an activating group) is 1. The van der Waals surface area contributed by atoms with Crippen molar-refractivity contribution in [2.45, 2.75) is 13.5 Å². The number of quaternary nitrogens is 1. The van der Waals surface area contributed by atoms with E-state index in [0.717, 1.165) is 17.5 Å². The Kier molecular flexibility index (Phi) is 4.76. The number of methoxy groups -OCH3 is 1. The van der Waals surface area contributed by atoms with Crippen molar-refractivity contribution in [1.82, 2.24) is 0 Å². The second kappa shape index (κ2) is 6.54. The van der Waals surface area contributed by atoms with Crippen molar-refractivity contribution in [3.05, 3.63) is 40.2 Å². The summed E-state index contributed by atoms with van der Waals surface area (Å²) in [5.74, 6) is 0.660. The van der Waals surface area contributed by atoms with Gasteiger partial charge in [-0.3, -0.25) is 0 Å². The quantitative estimate of drug-likeness (QED) is 0.741. The molecule has 5 heteroatoms. The first-order valence-electron chi connectivity index (χ1n) is 6.73. The molecule has 0 radical (unpaired) electrons. The number of hydrogen-bond donors (Lipinski definition) is 2. The van der Waals surface area contributed by atoms with Crippen LogP contribution < -0.4 is 15.3 Å². The van der Waals surface area contributed by atoms with Crippen molar-refractivity contribution in [2.24, 2.45) is 0 Å². The minimum absolute atomic E-state index is 0.135. The van der Waals surface area contributed by atoms with E-state index in [1.807, 2.05) is 12.1 Å². The third kappa shape index (κ3) is 3.18. The van der Waals surface area contributed by atoms with Crippen LogP contribution in [0.1, 0.15) is 12.5 Å². The summed E-state index contributed by atoms with van der Waals surface area (Å²) in [5.41, 5.74) is 1.11. The summed E-state index contributed by atoms with van der Waals surface area (Å²) in [6, 6.07) is 7.00. The van der Waals surface area contributed by atoms with Crippen LogP contribution in [0.3, 0.4) is 0 Å². The molecule has 0 aliphatic carbocycles. The van der Waals surface area contributed by atoms with Gasteiger partial charge in [-0.2, -0.15) is 0 Å². The SMILES string of the molecule is CC[NH+](CCO)Cc1cc(=O)oc2cc(OC)ccc12. The summed E-state index contributed by atoms with van der Waals surface area (Å²) in [7, 11) is 1.58. The number of aliphatic hydroxyl groups is 1. The number of fused-ring (bicyclic) bond motifs is 1. The van der Waals surface area contributed by atoms with Crippen LogP contribution in [0.5, 0.6) is 5.75 Å². The van der Waals surface area contributed by atoms with E-state index in [-0.39, 0.29) is 12.2 Å². The average molecular weight is 278 g/mol. The van der Waals surface area contributed by atoms with Crippen LogP contribution in [0, 0.1) is 0 Å². The molecule has 0 saturated heterocycles. The average Bonchev–Trinajstić information content (AvgIpc) is 2.45. The zero-order valence-electron chi connectivity index (χ0n) is 11.8. The van der Waals surface area contributed by atoms with E-state index in [9.17, 15) is 4.79 Å². The molecular formula is C15H20NO4+. The molecule has 20 heavy (non-hydrogen) atoms. The zero-order valence-corrected chi connectivity index (χ0v) is 11.8. The molecule has 0 aliphatic rings. The molecule has 5 nitrogen and oxygen atoms in total. The second-order valence-electron chi connectivity index (χ2n) is 4.71. The highest BCUT2D eigenvalue weighted by Crippen LogP contribution is 2.21. The third-order valence-corrected chi connectivity index (χ3v) is 3.44. The summed E-state index contributed by atoms with van der Waals surface area (Å²) >= 11 is 0. The van der Waals surface area contributed by atoms with Gasteiger partial charge in [-0.05, 0) is 19.1 Å². The first-order valence-corrected chi connectivity index (χ1v) is 6.73.